The van der Waals surface area contributed by atoms with Crippen LogP contribution in [0.2, 0.25) is 5.02 Å². The number of hydrogen-bond donors (Lipinski definition) is 1. The molecule has 1 N–H and O–H groups in total. The Bertz CT molecular complexity index is 919. The fraction of sp³-hybridized carbons (Fsp3) is 0.278. The largest absolute Gasteiger partial charge is 0.328 e. The van der Waals surface area contributed by atoms with E-state index in [1.165, 1.54) is 25.5 Å². The molecule has 2 aromatic heterocycles. The molecule has 122 valence electrons. The molecule has 1 aliphatic rings. The van der Waals surface area contributed by atoms with E-state index in [0.717, 1.165) is 29.8 Å². The topological polar surface area (TPSA) is 59.8 Å². The van der Waals surface area contributed by atoms with E-state index in [-0.39, 0.29) is 5.91 Å². The van der Waals surface area contributed by atoms with E-state index >= 15 is 0 Å². The minimum absolute atomic E-state index is 0.280. The smallest absolute Gasteiger partial charge is 0.274 e. The fourth-order valence-electron chi connectivity index (χ4n) is 3.15. The van der Waals surface area contributed by atoms with Crippen LogP contribution in [0.1, 0.15) is 35.6 Å². The molecule has 3 heterocycles. The SMILES string of the molecule is O=C(Nc1ccc2c(c1)nc1n2CCCCC1)c1cc(Cl)ccn1. The molecule has 1 amide bonds. The summed E-state index contributed by atoms with van der Waals surface area (Å²) in [5.74, 6) is 0.861. The number of carbonyl (C=O) groups is 1. The molecule has 0 fully saturated rings. The molecule has 4 rings (SSSR count). The van der Waals surface area contributed by atoms with E-state index < -0.39 is 0 Å². The van der Waals surface area contributed by atoms with Gasteiger partial charge >= 0.3 is 0 Å². The average molecular weight is 341 g/mol. The van der Waals surface area contributed by atoms with Gasteiger partial charge in [-0.25, -0.2) is 4.98 Å². The zero-order valence-corrected chi connectivity index (χ0v) is 13.9. The second kappa shape index (κ2) is 6.24. The predicted molar refractivity (Wildman–Crippen MR) is 94.5 cm³/mol. The molecule has 24 heavy (non-hydrogen) atoms. The molecule has 0 saturated carbocycles. The third-order valence-electron chi connectivity index (χ3n) is 4.32. The zero-order valence-electron chi connectivity index (χ0n) is 13.1. The van der Waals surface area contributed by atoms with E-state index in [1.807, 2.05) is 18.2 Å². The van der Waals surface area contributed by atoms with Crippen molar-refractivity contribution in [1.82, 2.24) is 14.5 Å². The number of hydrogen-bond acceptors (Lipinski definition) is 3. The molecule has 1 aromatic carbocycles. The molecule has 0 aliphatic carbocycles. The highest BCUT2D eigenvalue weighted by atomic mass is 35.5. The van der Waals surface area contributed by atoms with Crippen molar-refractivity contribution in [3.8, 4) is 0 Å². The third-order valence-corrected chi connectivity index (χ3v) is 4.56. The highest BCUT2D eigenvalue weighted by molar-refractivity contribution is 6.30. The highest BCUT2D eigenvalue weighted by Gasteiger charge is 2.14. The summed E-state index contributed by atoms with van der Waals surface area (Å²) in [7, 11) is 0. The summed E-state index contributed by atoms with van der Waals surface area (Å²) in [6.45, 7) is 1.02. The Morgan fingerprint density at radius 1 is 1.17 bits per heavy atom. The summed E-state index contributed by atoms with van der Waals surface area (Å²) in [6.07, 6.45) is 6.17. The predicted octanol–water partition coefficient (Wildman–Crippen LogP) is 4.06. The molecular formula is C18H17ClN4O. The number of nitrogens with one attached hydrogen (secondary N) is 1. The summed E-state index contributed by atoms with van der Waals surface area (Å²) in [6, 6.07) is 9.04. The van der Waals surface area contributed by atoms with Gasteiger partial charge in [0, 0.05) is 29.9 Å². The lowest BCUT2D eigenvalue weighted by molar-refractivity contribution is 0.102. The van der Waals surface area contributed by atoms with Gasteiger partial charge < -0.3 is 9.88 Å². The Morgan fingerprint density at radius 2 is 2.08 bits per heavy atom. The summed E-state index contributed by atoms with van der Waals surface area (Å²) in [5.41, 5.74) is 3.06. The van der Waals surface area contributed by atoms with E-state index in [2.05, 4.69) is 14.9 Å². The van der Waals surface area contributed by atoms with Gasteiger partial charge in [-0.3, -0.25) is 9.78 Å². The summed E-state index contributed by atoms with van der Waals surface area (Å²) in [4.78, 5) is 21.1. The number of amides is 1. The lowest BCUT2D eigenvalue weighted by atomic mass is 10.2. The maximum absolute atomic E-state index is 12.3. The van der Waals surface area contributed by atoms with Gasteiger partial charge in [-0.2, -0.15) is 0 Å². The number of aryl methyl sites for hydroxylation is 2. The van der Waals surface area contributed by atoms with E-state index in [9.17, 15) is 4.79 Å². The van der Waals surface area contributed by atoms with Crippen LogP contribution < -0.4 is 5.32 Å². The molecule has 0 unspecified atom stereocenters. The van der Waals surface area contributed by atoms with Gasteiger partial charge in [0.1, 0.15) is 11.5 Å². The molecule has 0 spiro atoms. The van der Waals surface area contributed by atoms with Crippen LogP contribution in [0.4, 0.5) is 5.69 Å². The molecule has 0 atom stereocenters. The number of rotatable bonds is 2. The first-order valence-electron chi connectivity index (χ1n) is 8.13. The summed E-state index contributed by atoms with van der Waals surface area (Å²) < 4.78 is 2.30. The van der Waals surface area contributed by atoms with Gasteiger partial charge in [0.05, 0.1) is 11.0 Å². The van der Waals surface area contributed by atoms with Crippen LogP contribution >= 0.6 is 11.6 Å². The third kappa shape index (κ3) is 2.87. The number of halogens is 1. The van der Waals surface area contributed by atoms with Crippen molar-refractivity contribution in [1.29, 1.82) is 0 Å². The van der Waals surface area contributed by atoms with Crippen LogP contribution in [0.15, 0.2) is 36.5 Å². The van der Waals surface area contributed by atoms with Crippen LogP contribution in [-0.4, -0.2) is 20.4 Å². The Balaban J connectivity index is 1.62. The zero-order chi connectivity index (χ0) is 16.5. The Morgan fingerprint density at radius 3 is 2.96 bits per heavy atom. The monoisotopic (exact) mass is 340 g/mol. The molecule has 0 bridgehead atoms. The van der Waals surface area contributed by atoms with Gasteiger partial charge in [0.25, 0.3) is 5.91 Å². The second-order valence-electron chi connectivity index (χ2n) is 6.01. The van der Waals surface area contributed by atoms with Crippen molar-refractivity contribution < 1.29 is 4.79 Å². The fourth-order valence-corrected chi connectivity index (χ4v) is 3.31. The van der Waals surface area contributed by atoms with E-state index in [1.54, 1.807) is 12.1 Å². The lowest BCUT2D eigenvalue weighted by Gasteiger charge is -2.06. The Hall–Kier alpha value is -2.40. The first kappa shape index (κ1) is 15.1. The van der Waals surface area contributed by atoms with Crippen LogP contribution in [0, 0.1) is 0 Å². The molecule has 0 saturated heterocycles. The van der Waals surface area contributed by atoms with Crippen molar-refractivity contribution in [2.24, 2.45) is 0 Å². The van der Waals surface area contributed by atoms with Crippen molar-refractivity contribution in [2.75, 3.05) is 5.32 Å². The number of nitrogens with zero attached hydrogens (tertiary/aromatic N) is 3. The Labute approximate surface area is 144 Å². The number of aromatic nitrogens is 3. The molecule has 5 nitrogen and oxygen atoms in total. The maximum atomic E-state index is 12.3. The van der Waals surface area contributed by atoms with Gasteiger partial charge in [-0.1, -0.05) is 18.0 Å². The van der Waals surface area contributed by atoms with Crippen LogP contribution in [0.25, 0.3) is 11.0 Å². The van der Waals surface area contributed by atoms with Gasteiger partial charge in [0.2, 0.25) is 0 Å². The normalized spacial score (nSPS) is 14.2. The number of anilines is 1. The van der Waals surface area contributed by atoms with Crippen LogP contribution in [0.3, 0.4) is 0 Å². The van der Waals surface area contributed by atoms with Gasteiger partial charge in [-0.15, -0.1) is 0 Å². The van der Waals surface area contributed by atoms with E-state index in [4.69, 9.17) is 16.6 Å². The van der Waals surface area contributed by atoms with Crippen molar-refractivity contribution in [3.63, 3.8) is 0 Å². The highest BCUT2D eigenvalue weighted by Crippen LogP contribution is 2.24. The quantitative estimate of drug-likeness (QED) is 0.765. The van der Waals surface area contributed by atoms with E-state index in [0.29, 0.717) is 16.4 Å². The van der Waals surface area contributed by atoms with Crippen molar-refractivity contribution in [2.45, 2.75) is 32.2 Å². The number of carbonyl (C=O) groups excluding carboxylic acids is 1. The minimum Gasteiger partial charge on any atom is -0.328 e. The first-order chi connectivity index (χ1) is 11.7. The number of imidazole rings is 1. The van der Waals surface area contributed by atoms with Crippen molar-refractivity contribution >= 4 is 34.2 Å². The van der Waals surface area contributed by atoms with Gasteiger partial charge in [-0.05, 0) is 43.2 Å². The Kier molecular flexibility index (Phi) is 3.94. The van der Waals surface area contributed by atoms with Crippen molar-refractivity contribution in [3.05, 3.63) is 53.1 Å². The number of pyridine rings is 1. The lowest BCUT2D eigenvalue weighted by Crippen LogP contribution is -2.13. The maximum Gasteiger partial charge on any atom is 0.274 e. The van der Waals surface area contributed by atoms with Crippen LogP contribution in [-0.2, 0) is 13.0 Å². The van der Waals surface area contributed by atoms with Gasteiger partial charge in [0.15, 0.2) is 0 Å². The number of benzene rings is 1. The molecular weight excluding hydrogens is 324 g/mol. The average Bonchev–Trinajstić information content (AvgIpc) is 2.75. The molecule has 6 heteroatoms. The molecule has 3 aromatic rings. The first-order valence-corrected chi connectivity index (χ1v) is 8.50. The molecule has 1 aliphatic heterocycles. The summed E-state index contributed by atoms with van der Waals surface area (Å²) in [5, 5.41) is 3.35. The number of fused-ring (bicyclic) bond motifs is 3. The second-order valence-corrected chi connectivity index (χ2v) is 6.44. The van der Waals surface area contributed by atoms with Crippen LogP contribution in [0.5, 0.6) is 0 Å². The minimum atomic E-state index is -0.280. The summed E-state index contributed by atoms with van der Waals surface area (Å²) >= 11 is 5.91. The molecule has 0 radical (unpaired) electrons. The standard InChI is InChI=1S/C18H17ClN4O/c19-12-7-8-20-15(10-12)18(24)21-13-5-6-16-14(11-13)22-17-4-2-1-3-9-23(16)17/h5-8,10-11H,1-4,9H2,(H,21,24).